The molecule has 1 saturated heterocycles. The van der Waals surface area contributed by atoms with Gasteiger partial charge in [-0.15, -0.1) is 0 Å². The smallest absolute Gasteiger partial charge is 0.0404 e. The number of benzene rings is 1. The van der Waals surface area contributed by atoms with E-state index in [1.54, 1.807) is 0 Å². The van der Waals surface area contributed by atoms with Crippen molar-refractivity contribution in [2.45, 2.75) is 32.2 Å². The van der Waals surface area contributed by atoms with E-state index in [0.29, 0.717) is 5.92 Å². The van der Waals surface area contributed by atoms with E-state index < -0.39 is 0 Å². The Morgan fingerprint density at radius 2 is 2.31 bits per heavy atom. The molecule has 2 aliphatic rings. The van der Waals surface area contributed by atoms with E-state index in [4.69, 9.17) is 5.73 Å². The van der Waals surface area contributed by atoms with Crippen LogP contribution in [0.15, 0.2) is 18.2 Å². The quantitative estimate of drug-likeness (QED) is 0.779. The van der Waals surface area contributed by atoms with Gasteiger partial charge in [-0.2, -0.15) is 0 Å². The Bertz CT molecular complexity index is 400. The summed E-state index contributed by atoms with van der Waals surface area (Å²) >= 11 is 0. The second-order valence-corrected chi connectivity index (χ2v) is 5.31. The van der Waals surface area contributed by atoms with Gasteiger partial charge in [-0.05, 0) is 55.8 Å². The minimum Gasteiger partial charge on any atom is -0.368 e. The predicted octanol–water partition coefficient (Wildman–Crippen LogP) is 2.09. The van der Waals surface area contributed by atoms with Gasteiger partial charge in [0.25, 0.3) is 0 Å². The zero-order valence-electron chi connectivity index (χ0n) is 9.95. The molecule has 0 aliphatic carbocycles. The van der Waals surface area contributed by atoms with Gasteiger partial charge in [-0.3, -0.25) is 0 Å². The molecule has 16 heavy (non-hydrogen) atoms. The second kappa shape index (κ2) is 3.77. The average Bonchev–Trinajstić information content (AvgIpc) is 2.72. The molecule has 0 amide bonds. The van der Waals surface area contributed by atoms with Gasteiger partial charge in [0, 0.05) is 18.3 Å². The lowest BCUT2D eigenvalue weighted by atomic mass is 9.94. The van der Waals surface area contributed by atoms with Crippen LogP contribution in [-0.2, 0) is 6.42 Å². The third-order valence-corrected chi connectivity index (χ3v) is 4.13. The van der Waals surface area contributed by atoms with Crippen molar-refractivity contribution >= 4 is 5.69 Å². The standard InChI is InChI=1S/C14H20N2/c1-10-2-3-12-4-5-13-7-11(8-15)9-16(13)14(12)6-10/h2-3,6,11,13H,4-5,7-9,15H2,1H3. The van der Waals surface area contributed by atoms with Gasteiger partial charge in [0.05, 0.1) is 0 Å². The molecule has 86 valence electrons. The molecule has 1 aromatic rings. The number of hydrogen-bond acceptors (Lipinski definition) is 2. The monoisotopic (exact) mass is 216 g/mol. The van der Waals surface area contributed by atoms with Crippen molar-refractivity contribution in [2.75, 3.05) is 18.0 Å². The third kappa shape index (κ3) is 1.52. The Balaban J connectivity index is 1.96. The molecular weight excluding hydrogens is 196 g/mol. The molecule has 0 spiro atoms. The Kier molecular flexibility index (Phi) is 2.40. The summed E-state index contributed by atoms with van der Waals surface area (Å²) in [6, 6.07) is 7.63. The Labute approximate surface area is 97.4 Å². The number of nitrogens with zero attached hydrogens (tertiary/aromatic N) is 1. The minimum atomic E-state index is 0.705. The van der Waals surface area contributed by atoms with Crippen LogP contribution in [-0.4, -0.2) is 19.1 Å². The van der Waals surface area contributed by atoms with Crippen LogP contribution in [0.1, 0.15) is 24.0 Å². The summed E-state index contributed by atoms with van der Waals surface area (Å²) in [6.45, 7) is 4.19. The summed E-state index contributed by atoms with van der Waals surface area (Å²) in [4.78, 5) is 2.60. The van der Waals surface area contributed by atoms with E-state index in [0.717, 1.165) is 19.1 Å². The molecule has 0 aromatic heterocycles. The maximum Gasteiger partial charge on any atom is 0.0404 e. The molecular formula is C14H20N2. The van der Waals surface area contributed by atoms with Gasteiger partial charge in [-0.1, -0.05) is 12.1 Å². The number of anilines is 1. The molecule has 2 heterocycles. The predicted molar refractivity (Wildman–Crippen MR) is 67.8 cm³/mol. The first kappa shape index (κ1) is 10.2. The summed E-state index contributed by atoms with van der Waals surface area (Å²) in [7, 11) is 0. The summed E-state index contributed by atoms with van der Waals surface area (Å²) in [5.41, 5.74) is 10.2. The highest BCUT2D eigenvalue weighted by Gasteiger charge is 2.34. The summed E-state index contributed by atoms with van der Waals surface area (Å²) in [6.07, 6.45) is 3.85. The Hall–Kier alpha value is -1.02. The number of fused-ring (bicyclic) bond motifs is 3. The average molecular weight is 216 g/mol. The van der Waals surface area contributed by atoms with Crippen molar-refractivity contribution in [3.63, 3.8) is 0 Å². The second-order valence-electron chi connectivity index (χ2n) is 5.31. The fraction of sp³-hybridized carbons (Fsp3) is 0.571. The maximum absolute atomic E-state index is 5.81. The lowest BCUT2D eigenvalue weighted by Gasteiger charge is -2.33. The van der Waals surface area contributed by atoms with E-state index in [2.05, 4.69) is 30.0 Å². The van der Waals surface area contributed by atoms with Crippen LogP contribution in [0.5, 0.6) is 0 Å². The lowest BCUT2D eigenvalue weighted by Crippen LogP contribution is -2.34. The first-order valence-electron chi connectivity index (χ1n) is 6.34. The van der Waals surface area contributed by atoms with Crippen molar-refractivity contribution < 1.29 is 0 Å². The lowest BCUT2D eigenvalue weighted by molar-refractivity contribution is 0.537. The molecule has 2 atom stereocenters. The van der Waals surface area contributed by atoms with Crippen LogP contribution in [0.4, 0.5) is 5.69 Å². The highest BCUT2D eigenvalue weighted by Crippen LogP contribution is 2.38. The van der Waals surface area contributed by atoms with Crippen LogP contribution >= 0.6 is 0 Å². The molecule has 2 unspecified atom stereocenters. The highest BCUT2D eigenvalue weighted by molar-refractivity contribution is 5.59. The van der Waals surface area contributed by atoms with Crippen LogP contribution in [0.2, 0.25) is 0 Å². The Morgan fingerprint density at radius 3 is 3.12 bits per heavy atom. The molecule has 0 radical (unpaired) electrons. The fourth-order valence-electron chi connectivity index (χ4n) is 3.23. The van der Waals surface area contributed by atoms with Crippen molar-refractivity contribution in [1.82, 2.24) is 0 Å². The van der Waals surface area contributed by atoms with Crippen molar-refractivity contribution in [2.24, 2.45) is 11.7 Å². The van der Waals surface area contributed by atoms with E-state index >= 15 is 0 Å². The SMILES string of the molecule is Cc1ccc2c(c1)N1CC(CN)CC1CC2. The van der Waals surface area contributed by atoms with Gasteiger partial charge < -0.3 is 10.6 Å². The molecule has 0 saturated carbocycles. The zero-order valence-corrected chi connectivity index (χ0v) is 9.95. The molecule has 1 fully saturated rings. The van der Waals surface area contributed by atoms with Gasteiger partial charge in [0.2, 0.25) is 0 Å². The van der Waals surface area contributed by atoms with E-state index in [9.17, 15) is 0 Å². The topological polar surface area (TPSA) is 29.3 Å². The van der Waals surface area contributed by atoms with Gasteiger partial charge in [-0.25, -0.2) is 0 Å². The van der Waals surface area contributed by atoms with Gasteiger partial charge >= 0.3 is 0 Å². The number of nitrogens with two attached hydrogens (primary N) is 1. The van der Waals surface area contributed by atoms with E-state index in [1.807, 2.05) is 0 Å². The minimum absolute atomic E-state index is 0.705. The van der Waals surface area contributed by atoms with E-state index in [1.165, 1.54) is 36.1 Å². The molecule has 2 aliphatic heterocycles. The van der Waals surface area contributed by atoms with Crippen molar-refractivity contribution in [3.05, 3.63) is 29.3 Å². The number of hydrogen-bond donors (Lipinski definition) is 1. The number of aryl methyl sites for hydroxylation is 2. The van der Waals surface area contributed by atoms with Crippen LogP contribution < -0.4 is 10.6 Å². The molecule has 3 rings (SSSR count). The summed E-state index contributed by atoms with van der Waals surface area (Å²) in [5.74, 6) is 0.705. The van der Waals surface area contributed by atoms with Crippen LogP contribution in [0.3, 0.4) is 0 Å². The van der Waals surface area contributed by atoms with Crippen molar-refractivity contribution in [3.8, 4) is 0 Å². The largest absolute Gasteiger partial charge is 0.368 e. The van der Waals surface area contributed by atoms with Crippen LogP contribution in [0, 0.1) is 12.8 Å². The molecule has 1 aromatic carbocycles. The third-order valence-electron chi connectivity index (χ3n) is 4.13. The van der Waals surface area contributed by atoms with Crippen LogP contribution in [0.25, 0.3) is 0 Å². The molecule has 2 N–H and O–H groups in total. The molecule has 0 bridgehead atoms. The summed E-state index contributed by atoms with van der Waals surface area (Å²) < 4.78 is 0. The molecule has 2 heteroatoms. The Morgan fingerprint density at radius 1 is 1.44 bits per heavy atom. The number of rotatable bonds is 1. The normalized spacial score (nSPS) is 27.8. The van der Waals surface area contributed by atoms with Crippen molar-refractivity contribution in [1.29, 1.82) is 0 Å². The fourth-order valence-corrected chi connectivity index (χ4v) is 3.23. The highest BCUT2D eigenvalue weighted by atomic mass is 15.2. The first-order chi connectivity index (χ1) is 7.78. The first-order valence-corrected chi connectivity index (χ1v) is 6.34. The summed E-state index contributed by atoms with van der Waals surface area (Å²) in [5, 5.41) is 0. The van der Waals surface area contributed by atoms with E-state index in [-0.39, 0.29) is 0 Å². The maximum atomic E-state index is 5.81. The van der Waals surface area contributed by atoms with Gasteiger partial charge in [0.1, 0.15) is 0 Å². The molecule has 2 nitrogen and oxygen atoms in total. The zero-order chi connectivity index (χ0) is 11.1. The van der Waals surface area contributed by atoms with Gasteiger partial charge in [0.15, 0.2) is 0 Å².